The number of carbonyl (C=O) groups excluding carboxylic acids is 2. The monoisotopic (exact) mass is 404 g/mol. The van der Waals surface area contributed by atoms with Gasteiger partial charge in [-0.1, -0.05) is 28.1 Å². The van der Waals surface area contributed by atoms with Gasteiger partial charge in [0.2, 0.25) is 0 Å². The number of benzene rings is 2. The molecule has 0 spiro atoms. The van der Waals surface area contributed by atoms with E-state index in [0.29, 0.717) is 0 Å². The summed E-state index contributed by atoms with van der Waals surface area (Å²) in [6.07, 6.45) is 0. The molecule has 0 heterocycles. The number of carbonyl (C=O) groups is 2. The number of aryl methyl sites for hydroxylation is 1. The predicted molar refractivity (Wildman–Crippen MR) is 104 cm³/mol. The maximum absolute atomic E-state index is 12.2. The zero-order valence-electron chi connectivity index (χ0n) is 14.7. The first-order valence-electron chi connectivity index (χ1n) is 8.08. The summed E-state index contributed by atoms with van der Waals surface area (Å²) in [5.74, 6) is -0.234. The lowest BCUT2D eigenvalue weighted by Gasteiger charge is -2.15. The van der Waals surface area contributed by atoms with Crippen LogP contribution in [0.15, 0.2) is 46.9 Å². The Morgan fingerprint density at radius 1 is 0.960 bits per heavy atom. The summed E-state index contributed by atoms with van der Waals surface area (Å²) < 4.78 is 0.955. The highest BCUT2D eigenvalue weighted by atomic mass is 79.9. The number of likely N-dealkylation sites (N-methyl/N-ethyl adjacent to an activating group) is 1. The molecule has 2 amide bonds. The molecule has 132 valence electrons. The number of quaternary nitrogens is 1. The Hall–Kier alpha value is -2.18. The van der Waals surface area contributed by atoms with Crippen LogP contribution in [0.3, 0.4) is 0 Å². The number of nitrogens with one attached hydrogen (secondary N) is 3. The predicted octanol–water partition coefficient (Wildman–Crippen LogP) is 2.16. The van der Waals surface area contributed by atoms with Crippen LogP contribution in [0.4, 0.5) is 11.4 Å². The third-order valence-electron chi connectivity index (χ3n) is 3.93. The normalized spacial score (nSPS) is 11.7. The Morgan fingerprint density at radius 3 is 2.20 bits per heavy atom. The average Bonchev–Trinajstić information content (AvgIpc) is 2.53. The average molecular weight is 405 g/mol. The van der Waals surface area contributed by atoms with Crippen LogP contribution < -0.4 is 15.5 Å². The molecule has 0 bridgehead atoms. The molecule has 2 rings (SSSR count). The van der Waals surface area contributed by atoms with Gasteiger partial charge in [0.1, 0.15) is 0 Å². The Labute approximate surface area is 156 Å². The van der Waals surface area contributed by atoms with E-state index in [1.165, 1.54) is 0 Å². The zero-order valence-corrected chi connectivity index (χ0v) is 16.2. The molecule has 2 aromatic carbocycles. The minimum absolute atomic E-state index is 0.109. The molecule has 2 aromatic rings. The number of halogens is 1. The Kier molecular flexibility index (Phi) is 6.73. The molecule has 1 atom stereocenters. The molecule has 0 saturated heterocycles. The van der Waals surface area contributed by atoms with Gasteiger partial charge in [-0.15, -0.1) is 0 Å². The number of anilines is 2. The van der Waals surface area contributed by atoms with E-state index in [0.717, 1.165) is 31.9 Å². The number of hydrogen-bond acceptors (Lipinski definition) is 2. The largest absolute Gasteiger partial charge is 0.322 e. The standard InChI is InChI=1S/C19H22BrN3O2/c1-13-5-4-6-17(14(13)2)22-19(25)12-23(3)11-18(24)21-16-9-7-15(20)8-10-16/h4-10H,11-12H2,1-3H3,(H,21,24)(H,22,25)/p+1. The second-order valence-electron chi connectivity index (χ2n) is 6.16. The third-order valence-corrected chi connectivity index (χ3v) is 4.46. The van der Waals surface area contributed by atoms with Crippen LogP contribution in [0.2, 0.25) is 0 Å². The molecule has 0 saturated carbocycles. The molecule has 25 heavy (non-hydrogen) atoms. The van der Waals surface area contributed by atoms with Crippen LogP contribution in [0.1, 0.15) is 11.1 Å². The molecule has 1 unspecified atom stereocenters. The van der Waals surface area contributed by atoms with Gasteiger partial charge in [-0.25, -0.2) is 0 Å². The molecule has 0 fully saturated rings. The first kappa shape index (κ1) is 19.1. The van der Waals surface area contributed by atoms with Crippen molar-refractivity contribution in [2.45, 2.75) is 13.8 Å². The summed E-state index contributed by atoms with van der Waals surface area (Å²) in [6, 6.07) is 13.2. The van der Waals surface area contributed by atoms with E-state index in [2.05, 4.69) is 26.6 Å². The lowest BCUT2D eigenvalue weighted by Crippen LogP contribution is -3.11. The van der Waals surface area contributed by atoms with Crippen molar-refractivity contribution in [3.05, 3.63) is 58.1 Å². The Morgan fingerprint density at radius 2 is 1.56 bits per heavy atom. The van der Waals surface area contributed by atoms with Crippen molar-refractivity contribution in [2.75, 3.05) is 30.8 Å². The Bertz CT molecular complexity index is 760. The summed E-state index contributed by atoms with van der Waals surface area (Å²) >= 11 is 3.35. The van der Waals surface area contributed by atoms with Crippen molar-refractivity contribution >= 4 is 39.1 Å². The third kappa shape index (κ3) is 5.99. The number of amides is 2. The summed E-state index contributed by atoms with van der Waals surface area (Å²) in [6.45, 7) is 4.43. The van der Waals surface area contributed by atoms with Crippen LogP contribution in [0.5, 0.6) is 0 Å². The molecule has 3 N–H and O–H groups in total. The van der Waals surface area contributed by atoms with E-state index >= 15 is 0 Å². The van der Waals surface area contributed by atoms with Gasteiger partial charge < -0.3 is 15.5 Å². The number of rotatable bonds is 6. The van der Waals surface area contributed by atoms with Gasteiger partial charge in [0, 0.05) is 15.8 Å². The smallest absolute Gasteiger partial charge is 0.279 e. The minimum atomic E-state index is -0.126. The van der Waals surface area contributed by atoms with Gasteiger partial charge >= 0.3 is 0 Å². The first-order chi connectivity index (χ1) is 11.8. The lowest BCUT2D eigenvalue weighted by atomic mass is 10.1. The van der Waals surface area contributed by atoms with Crippen LogP contribution in [0.25, 0.3) is 0 Å². The lowest BCUT2D eigenvalue weighted by molar-refractivity contribution is -0.862. The van der Waals surface area contributed by atoms with Crippen molar-refractivity contribution in [3.8, 4) is 0 Å². The molecular formula is C19H23BrN3O2+. The van der Waals surface area contributed by atoms with E-state index in [4.69, 9.17) is 0 Å². The molecule has 6 heteroatoms. The summed E-state index contributed by atoms with van der Waals surface area (Å²) in [5, 5.41) is 5.74. The highest BCUT2D eigenvalue weighted by Gasteiger charge is 2.15. The van der Waals surface area contributed by atoms with Gasteiger partial charge in [-0.05, 0) is 55.3 Å². The van der Waals surface area contributed by atoms with E-state index in [1.807, 2.05) is 63.4 Å². The van der Waals surface area contributed by atoms with E-state index in [1.54, 1.807) is 0 Å². The topological polar surface area (TPSA) is 62.6 Å². The molecule has 5 nitrogen and oxygen atoms in total. The van der Waals surface area contributed by atoms with Crippen molar-refractivity contribution in [2.24, 2.45) is 0 Å². The molecule has 0 aliphatic carbocycles. The fraction of sp³-hybridized carbons (Fsp3) is 0.263. The maximum atomic E-state index is 12.2. The molecular weight excluding hydrogens is 382 g/mol. The molecule has 0 radical (unpaired) electrons. The fourth-order valence-electron chi connectivity index (χ4n) is 2.43. The van der Waals surface area contributed by atoms with Gasteiger partial charge in [-0.2, -0.15) is 0 Å². The quantitative estimate of drug-likeness (QED) is 0.690. The van der Waals surface area contributed by atoms with Crippen molar-refractivity contribution in [1.29, 1.82) is 0 Å². The van der Waals surface area contributed by atoms with Crippen molar-refractivity contribution in [3.63, 3.8) is 0 Å². The minimum Gasteiger partial charge on any atom is -0.322 e. The van der Waals surface area contributed by atoms with Gasteiger partial charge in [0.25, 0.3) is 11.8 Å². The summed E-state index contributed by atoms with van der Waals surface area (Å²) in [5.41, 5.74) is 3.74. The fourth-order valence-corrected chi connectivity index (χ4v) is 2.69. The molecule has 0 aliphatic rings. The number of hydrogen-bond donors (Lipinski definition) is 3. The van der Waals surface area contributed by atoms with Crippen LogP contribution in [0, 0.1) is 13.8 Å². The molecule has 0 aromatic heterocycles. The highest BCUT2D eigenvalue weighted by molar-refractivity contribution is 9.10. The SMILES string of the molecule is Cc1cccc(NC(=O)C[NH+](C)CC(=O)Nc2ccc(Br)cc2)c1C. The van der Waals surface area contributed by atoms with E-state index in [-0.39, 0.29) is 24.9 Å². The summed E-state index contributed by atoms with van der Waals surface area (Å²) in [7, 11) is 1.82. The van der Waals surface area contributed by atoms with Crippen molar-refractivity contribution in [1.82, 2.24) is 0 Å². The van der Waals surface area contributed by atoms with Crippen LogP contribution in [-0.4, -0.2) is 32.0 Å². The van der Waals surface area contributed by atoms with Crippen LogP contribution in [-0.2, 0) is 9.59 Å². The van der Waals surface area contributed by atoms with E-state index < -0.39 is 0 Å². The van der Waals surface area contributed by atoms with Crippen molar-refractivity contribution < 1.29 is 14.5 Å². The van der Waals surface area contributed by atoms with Gasteiger partial charge in [0.15, 0.2) is 13.1 Å². The Balaban J connectivity index is 1.83. The highest BCUT2D eigenvalue weighted by Crippen LogP contribution is 2.17. The van der Waals surface area contributed by atoms with Gasteiger partial charge in [-0.3, -0.25) is 9.59 Å². The first-order valence-corrected chi connectivity index (χ1v) is 8.87. The van der Waals surface area contributed by atoms with Gasteiger partial charge in [0.05, 0.1) is 7.05 Å². The maximum Gasteiger partial charge on any atom is 0.279 e. The van der Waals surface area contributed by atoms with Crippen LogP contribution >= 0.6 is 15.9 Å². The van der Waals surface area contributed by atoms with E-state index in [9.17, 15) is 9.59 Å². The zero-order chi connectivity index (χ0) is 18.4. The second-order valence-corrected chi connectivity index (χ2v) is 7.08. The second kappa shape index (κ2) is 8.78. The summed E-state index contributed by atoms with van der Waals surface area (Å²) in [4.78, 5) is 25.1. The molecule has 0 aliphatic heterocycles.